The summed E-state index contributed by atoms with van der Waals surface area (Å²) >= 11 is 0. The molecule has 134 valence electrons. The molecule has 0 aliphatic rings. The Bertz CT molecular complexity index is 842. The number of benzene rings is 2. The molecule has 2 aromatic rings. The maximum atomic E-state index is 12.3. The smallest absolute Gasteiger partial charge is 0.224 e. The van der Waals surface area contributed by atoms with E-state index in [9.17, 15) is 13.2 Å². The van der Waals surface area contributed by atoms with Gasteiger partial charge < -0.3 is 10.1 Å². The van der Waals surface area contributed by atoms with Gasteiger partial charge in [-0.3, -0.25) is 4.79 Å². The van der Waals surface area contributed by atoms with Crippen molar-refractivity contribution in [3.05, 3.63) is 53.6 Å². The highest BCUT2D eigenvalue weighted by Crippen LogP contribution is 2.19. The number of anilines is 1. The molecular weight excluding hydrogens is 338 g/mol. The number of ether oxygens (including phenoxy) is 1. The topological polar surface area (TPSA) is 72.5 Å². The van der Waals surface area contributed by atoms with Gasteiger partial charge in [0.2, 0.25) is 5.91 Å². The fourth-order valence-electron chi connectivity index (χ4n) is 2.41. The maximum Gasteiger partial charge on any atom is 0.224 e. The van der Waals surface area contributed by atoms with Gasteiger partial charge in [-0.05, 0) is 61.7 Å². The molecule has 2 aromatic carbocycles. The predicted molar refractivity (Wildman–Crippen MR) is 98.8 cm³/mol. The van der Waals surface area contributed by atoms with Crippen LogP contribution in [0.4, 0.5) is 5.69 Å². The van der Waals surface area contributed by atoms with Crippen molar-refractivity contribution >= 4 is 21.4 Å². The van der Waals surface area contributed by atoms with E-state index in [4.69, 9.17) is 4.74 Å². The number of methoxy groups -OCH3 is 1. The van der Waals surface area contributed by atoms with Crippen molar-refractivity contribution in [1.29, 1.82) is 0 Å². The summed E-state index contributed by atoms with van der Waals surface area (Å²) in [6.07, 6.45) is 0.424. The van der Waals surface area contributed by atoms with Crippen LogP contribution in [0.5, 0.6) is 5.75 Å². The molecule has 1 N–H and O–H groups in total. The van der Waals surface area contributed by atoms with Gasteiger partial charge in [-0.15, -0.1) is 0 Å². The Labute approximate surface area is 148 Å². The third-order valence-electron chi connectivity index (χ3n) is 3.90. The van der Waals surface area contributed by atoms with Gasteiger partial charge in [0.1, 0.15) is 5.75 Å². The molecule has 0 aliphatic carbocycles. The fraction of sp³-hybridized carbons (Fsp3) is 0.316. The number of hydrogen-bond donors (Lipinski definition) is 1. The lowest BCUT2D eigenvalue weighted by Crippen LogP contribution is -2.15. The number of rotatable bonds is 7. The third kappa shape index (κ3) is 5.32. The standard InChI is InChI=1S/C19H23NO4S/c1-14-6-7-15(2)18(13-14)20-19(21)5-4-12-25(22,23)17-10-8-16(24-3)9-11-17/h6-11,13H,4-5,12H2,1-3H3,(H,20,21). The SMILES string of the molecule is COc1ccc(S(=O)(=O)CCCC(=O)Nc2cc(C)ccc2C)cc1. The molecule has 0 unspecified atom stereocenters. The Kier molecular flexibility index (Phi) is 6.20. The van der Waals surface area contributed by atoms with E-state index in [0.29, 0.717) is 5.75 Å². The Morgan fingerprint density at radius 3 is 2.40 bits per heavy atom. The van der Waals surface area contributed by atoms with Crippen LogP contribution in [0, 0.1) is 13.8 Å². The fourth-order valence-corrected chi connectivity index (χ4v) is 3.72. The molecule has 5 nitrogen and oxygen atoms in total. The van der Waals surface area contributed by atoms with Crippen LogP contribution in [-0.2, 0) is 14.6 Å². The van der Waals surface area contributed by atoms with Crippen LogP contribution in [0.2, 0.25) is 0 Å². The highest BCUT2D eigenvalue weighted by Gasteiger charge is 2.15. The summed E-state index contributed by atoms with van der Waals surface area (Å²) in [5.41, 5.74) is 2.80. The second-order valence-electron chi connectivity index (χ2n) is 5.96. The van der Waals surface area contributed by atoms with Crippen molar-refractivity contribution < 1.29 is 17.9 Å². The van der Waals surface area contributed by atoms with Crippen LogP contribution >= 0.6 is 0 Å². The van der Waals surface area contributed by atoms with Gasteiger partial charge in [0, 0.05) is 12.1 Å². The lowest BCUT2D eigenvalue weighted by Gasteiger charge is -2.10. The van der Waals surface area contributed by atoms with E-state index in [-0.39, 0.29) is 29.4 Å². The summed E-state index contributed by atoms with van der Waals surface area (Å²) in [5, 5.41) is 2.84. The van der Waals surface area contributed by atoms with Gasteiger partial charge in [-0.25, -0.2) is 8.42 Å². The number of hydrogen-bond acceptors (Lipinski definition) is 4. The third-order valence-corrected chi connectivity index (χ3v) is 5.72. The number of nitrogens with one attached hydrogen (secondary N) is 1. The van der Waals surface area contributed by atoms with Gasteiger partial charge in [-0.1, -0.05) is 12.1 Å². The summed E-state index contributed by atoms with van der Waals surface area (Å²) in [4.78, 5) is 12.3. The Morgan fingerprint density at radius 1 is 1.08 bits per heavy atom. The number of carbonyl (C=O) groups is 1. The molecule has 0 aromatic heterocycles. The molecule has 2 rings (SSSR count). The van der Waals surface area contributed by atoms with Gasteiger partial charge in [0.05, 0.1) is 17.8 Å². The summed E-state index contributed by atoms with van der Waals surface area (Å²) in [6, 6.07) is 12.1. The Balaban J connectivity index is 1.90. The highest BCUT2D eigenvalue weighted by molar-refractivity contribution is 7.91. The van der Waals surface area contributed by atoms with Crippen LogP contribution in [0.25, 0.3) is 0 Å². The van der Waals surface area contributed by atoms with Gasteiger partial charge >= 0.3 is 0 Å². The number of amides is 1. The van der Waals surface area contributed by atoms with E-state index in [0.717, 1.165) is 16.8 Å². The van der Waals surface area contributed by atoms with Crippen LogP contribution in [-0.4, -0.2) is 27.2 Å². The minimum atomic E-state index is -3.40. The first-order valence-electron chi connectivity index (χ1n) is 8.06. The molecule has 0 aliphatic heterocycles. The quantitative estimate of drug-likeness (QED) is 0.819. The molecule has 0 spiro atoms. The molecule has 0 saturated carbocycles. The van der Waals surface area contributed by atoms with Crippen molar-refractivity contribution in [1.82, 2.24) is 0 Å². The predicted octanol–water partition coefficient (Wildman–Crippen LogP) is 3.50. The first-order valence-corrected chi connectivity index (χ1v) is 9.71. The monoisotopic (exact) mass is 361 g/mol. The van der Waals surface area contributed by atoms with Crippen LogP contribution in [0.1, 0.15) is 24.0 Å². The zero-order valence-corrected chi connectivity index (χ0v) is 15.5. The van der Waals surface area contributed by atoms with Gasteiger partial charge in [0.25, 0.3) is 0 Å². The zero-order valence-electron chi connectivity index (χ0n) is 14.7. The van der Waals surface area contributed by atoms with E-state index in [1.165, 1.54) is 19.2 Å². The molecule has 0 radical (unpaired) electrons. The normalized spacial score (nSPS) is 11.2. The molecule has 6 heteroatoms. The average molecular weight is 361 g/mol. The second-order valence-corrected chi connectivity index (χ2v) is 8.07. The van der Waals surface area contributed by atoms with E-state index >= 15 is 0 Å². The lowest BCUT2D eigenvalue weighted by molar-refractivity contribution is -0.116. The Morgan fingerprint density at radius 2 is 1.76 bits per heavy atom. The molecule has 0 bridgehead atoms. The first kappa shape index (κ1) is 19.0. The van der Waals surface area contributed by atoms with Crippen molar-refractivity contribution in [3.8, 4) is 5.75 Å². The number of sulfone groups is 1. The van der Waals surface area contributed by atoms with Crippen LogP contribution in [0.3, 0.4) is 0 Å². The molecule has 25 heavy (non-hydrogen) atoms. The molecule has 0 fully saturated rings. The van der Waals surface area contributed by atoms with E-state index in [1.54, 1.807) is 12.1 Å². The van der Waals surface area contributed by atoms with E-state index < -0.39 is 9.84 Å². The molecule has 0 heterocycles. The minimum Gasteiger partial charge on any atom is -0.497 e. The average Bonchev–Trinajstić information content (AvgIpc) is 2.58. The number of carbonyl (C=O) groups excluding carboxylic acids is 1. The highest BCUT2D eigenvalue weighted by atomic mass is 32.2. The van der Waals surface area contributed by atoms with Gasteiger partial charge in [-0.2, -0.15) is 0 Å². The summed E-state index contributed by atoms with van der Waals surface area (Å²) in [7, 11) is -1.88. The van der Waals surface area contributed by atoms with E-state index in [1.807, 2.05) is 32.0 Å². The molecule has 0 saturated heterocycles. The first-order chi connectivity index (χ1) is 11.8. The molecule has 0 atom stereocenters. The van der Waals surface area contributed by atoms with Crippen molar-refractivity contribution in [2.45, 2.75) is 31.6 Å². The van der Waals surface area contributed by atoms with Crippen LogP contribution < -0.4 is 10.1 Å². The molecule has 1 amide bonds. The minimum absolute atomic E-state index is 0.0699. The summed E-state index contributed by atoms with van der Waals surface area (Å²) < 4.78 is 29.6. The van der Waals surface area contributed by atoms with Crippen molar-refractivity contribution in [2.24, 2.45) is 0 Å². The zero-order chi connectivity index (χ0) is 18.4. The van der Waals surface area contributed by atoms with E-state index in [2.05, 4.69) is 5.32 Å². The lowest BCUT2D eigenvalue weighted by atomic mass is 10.1. The molecular formula is C19H23NO4S. The summed E-state index contributed by atoms with van der Waals surface area (Å²) in [6.45, 7) is 3.87. The summed E-state index contributed by atoms with van der Waals surface area (Å²) in [5.74, 6) is 0.352. The van der Waals surface area contributed by atoms with Crippen molar-refractivity contribution in [2.75, 3.05) is 18.2 Å². The van der Waals surface area contributed by atoms with Gasteiger partial charge in [0.15, 0.2) is 9.84 Å². The van der Waals surface area contributed by atoms with Crippen molar-refractivity contribution in [3.63, 3.8) is 0 Å². The Hall–Kier alpha value is -2.34. The maximum absolute atomic E-state index is 12.3. The number of aryl methyl sites for hydroxylation is 2. The second kappa shape index (κ2) is 8.16. The van der Waals surface area contributed by atoms with Crippen LogP contribution in [0.15, 0.2) is 47.4 Å². The largest absolute Gasteiger partial charge is 0.497 e.